The van der Waals surface area contributed by atoms with E-state index in [1.54, 1.807) is 6.20 Å². The highest BCUT2D eigenvalue weighted by atomic mass is 15.4. The number of nitrogens with zero attached hydrogens (tertiary/aromatic N) is 3. The van der Waals surface area contributed by atoms with E-state index < -0.39 is 0 Å². The molecule has 74 valence electrons. The maximum absolute atomic E-state index is 3.95. The molecule has 2 aromatic heterocycles. The number of rotatable bonds is 2. The summed E-state index contributed by atoms with van der Waals surface area (Å²) in [4.78, 5) is 3.24. The van der Waals surface area contributed by atoms with Crippen molar-refractivity contribution in [2.45, 2.75) is 6.54 Å². The summed E-state index contributed by atoms with van der Waals surface area (Å²) >= 11 is 0. The molecule has 1 N–H and O–H groups in total. The number of hydrogen-bond acceptors (Lipinski definition) is 2. The van der Waals surface area contributed by atoms with Gasteiger partial charge in [0.15, 0.2) is 0 Å². The van der Waals surface area contributed by atoms with Crippen LogP contribution < -0.4 is 0 Å². The van der Waals surface area contributed by atoms with Crippen LogP contribution in [0.3, 0.4) is 0 Å². The summed E-state index contributed by atoms with van der Waals surface area (Å²) in [5, 5.41) is 8.98. The second kappa shape index (κ2) is 3.24. The fourth-order valence-electron chi connectivity index (χ4n) is 1.75. The van der Waals surface area contributed by atoms with Gasteiger partial charge in [-0.25, -0.2) is 4.68 Å². The number of nitrogens with one attached hydrogen (secondary N) is 1. The molecule has 15 heavy (non-hydrogen) atoms. The van der Waals surface area contributed by atoms with Crippen LogP contribution in [0.4, 0.5) is 0 Å². The summed E-state index contributed by atoms with van der Waals surface area (Å²) in [6, 6.07) is 8.25. The highest BCUT2D eigenvalue weighted by Crippen LogP contribution is 2.17. The summed E-state index contributed by atoms with van der Waals surface area (Å²) < 4.78 is 1.82. The van der Waals surface area contributed by atoms with Gasteiger partial charge in [-0.1, -0.05) is 23.4 Å². The largest absolute Gasteiger partial charge is 0.361 e. The predicted octanol–water partition coefficient (Wildman–Crippen LogP) is 1.81. The van der Waals surface area contributed by atoms with Crippen LogP contribution in [0.25, 0.3) is 10.9 Å². The van der Waals surface area contributed by atoms with Gasteiger partial charge in [0.1, 0.15) is 0 Å². The first-order chi connectivity index (χ1) is 7.43. The number of hydrogen-bond donors (Lipinski definition) is 1. The molecular weight excluding hydrogens is 188 g/mol. The maximum Gasteiger partial charge on any atom is 0.0698 e. The number of aromatic nitrogens is 4. The van der Waals surface area contributed by atoms with Crippen molar-refractivity contribution < 1.29 is 0 Å². The molecule has 4 nitrogen and oxygen atoms in total. The van der Waals surface area contributed by atoms with Gasteiger partial charge in [0, 0.05) is 23.3 Å². The SMILES string of the molecule is c1ccc2c(Cn3ccnn3)c[nH]c2c1. The Morgan fingerprint density at radius 1 is 1.27 bits per heavy atom. The van der Waals surface area contributed by atoms with Crippen LogP contribution in [0, 0.1) is 0 Å². The topological polar surface area (TPSA) is 46.5 Å². The molecule has 0 saturated carbocycles. The smallest absolute Gasteiger partial charge is 0.0698 e. The van der Waals surface area contributed by atoms with Crippen LogP contribution >= 0.6 is 0 Å². The number of para-hydroxylation sites is 1. The molecule has 3 rings (SSSR count). The van der Waals surface area contributed by atoms with Gasteiger partial charge >= 0.3 is 0 Å². The molecule has 0 bridgehead atoms. The Balaban J connectivity index is 2.05. The third-order valence-electron chi connectivity index (χ3n) is 2.48. The minimum absolute atomic E-state index is 0.754. The maximum atomic E-state index is 3.95. The molecule has 0 unspecified atom stereocenters. The molecule has 1 aromatic carbocycles. The summed E-state index contributed by atoms with van der Waals surface area (Å²) in [6.45, 7) is 0.754. The van der Waals surface area contributed by atoms with Crippen molar-refractivity contribution in [1.82, 2.24) is 20.0 Å². The van der Waals surface area contributed by atoms with Crippen LogP contribution in [0.15, 0.2) is 42.9 Å². The van der Waals surface area contributed by atoms with Gasteiger partial charge in [-0.3, -0.25) is 0 Å². The Morgan fingerprint density at radius 3 is 3.07 bits per heavy atom. The summed E-state index contributed by atoms with van der Waals surface area (Å²) in [7, 11) is 0. The van der Waals surface area contributed by atoms with Gasteiger partial charge < -0.3 is 4.98 Å². The zero-order valence-corrected chi connectivity index (χ0v) is 8.09. The average molecular weight is 198 g/mol. The lowest BCUT2D eigenvalue weighted by Gasteiger charge is -1.98. The van der Waals surface area contributed by atoms with E-state index in [0.717, 1.165) is 12.1 Å². The second-order valence-corrected chi connectivity index (χ2v) is 3.46. The third kappa shape index (κ3) is 1.40. The Labute approximate surface area is 86.5 Å². The minimum atomic E-state index is 0.754. The molecule has 0 saturated heterocycles. The minimum Gasteiger partial charge on any atom is -0.361 e. The Kier molecular flexibility index (Phi) is 1.78. The molecule has 4 heteroatoms. The zero-order chi connectivity index (χ0) is 10.1. The van der Waals surface area contributed by atoms with Crippen molar-refractivity contribution in [3.05, 3.63) is 48.4 Å². The highest BCUT2D eigenvalue weighted by Gasteiger charge is 2.03. The molecule has 0 atom stereocenters. The lowest BCUT2D eigenvalue weighted by atomic mass is 10.2. The lowest BCUT2D eigenvalue weighted by molar-refractivity contribution is 0.652. The van der Waals surface area contributed by atoms with Crippen molar-refractivity contribution in [1.29, 1.82) is 0 Å². The van der Waals surface area contributed by atoms with E-state index in [4.69, 9.17) is 0 Å². The third-order valence-corrected chi connectivity index (χ3v) is 2.48. The first kappa shape index (κ1) is 8.23. The molecule has 0 fully saturated rings. The normalized spacial score (nSPS) is 10.9. The van der Waals surface area contributed by atoms with E-state index in [9.17, 15) is 0 Å². The monoisotopic (exact) mass is 198 g/mol. The predicted molar refractivity (Wildman–Crippen MR) is 57.4 cm³/mol. The van der Waals surface area contributed by atoms with Crippen molar-refractivity contribution in [2.24, 2.45) is 0 Å². The summed E-state index contributed by atoms with van der Waals surface area (Å²) in [5.74, 6) is 0. The second-order valence-electron chi connectivity index (χ2n) is 3.46. The van der Waals surface area contributed by atoms with E-state index in [1.165, 1.54) is 10.9 Å². The molecular formula is C11H10N4. The molecule has 2 heterocycles. The van der Waals surface area contributed by atoms with Crippen molar-refractivity contribution in [2.75, 3.05) is 0 Å². The molecule has 0 amide bonds. The van der Waals surface area contributed by atoms with E-state index in [-0.39, 0.29) is 0 Å². The van der Waals surface area contributed by atoms with Gasteiger partial charge in [-0.2, -0.15) is 0 Å². The summed E-state index contributed by atoms with van der Waals surface area (Å²) in [6.07, 6.45) is 5.57. The molecule has 0 radical (unpaired) electrons. The van der Waals surface area contributed by atoms with Crippen molar-refractivity contribution >= 4 is 10.9 Å². The fourth-order valence-corrected chi connectivity index (χ4v) is 1.75. The number of aromatic amines is 1. The van der Waals surface area contributed by atoms with Crippen LogP contribution in [-0.2, 0) is 6.54 Å². The first-order valence-electron chi connectivity index (χ1n) is 4.82. The first-order valence-corrected chi connectivity index (χ1v) is 4.82. The Morgan fingerprint density at radius 2 is 2.20 bits per heavy atom. The van der Waals surface area contributed by atoms with E-state index in [1.807, 2.05) is 29.2 Å². The van der Waals surface area contributed by atoms with E-state index in [2.05, 4.69) is 27.4 Å². The molecule has 0 aliphatic heterocycles. The van der Waals surface area contributed by atoms with Gasteiger partial charge in [0.25, 0.3) is 0 Å². The number of H-pyrrole nitrogens is 1. The van der Waals surface area contributed by atoms with Crippen molar-refractivity contribution in [3.8, 4) is 0 Å². The quantitative estimate of drug-likeness (QED) is 0.682. The highest BCUT2D eigenvalue weighted by molar-refractivity contribution is 5.82. The number of fused-ring (bicyclic) bond motifs is 1. The standard InChI is InChI=1S/C11H10N4/c1-2-4-11-10(3-1)9(7-12-11)8-15-6-5-13-14-15/h1-7,12H,8H2. The van der Waals surface area contributed by atoms with Gasteiger partial charge in [-0.15, -0.1) is 5.10 Å². The van der Waals surface area contributed by atoms with Crippen LogP contribution in [-0.4, -0.2) is 20.0 Å². The Hall–Kier alpha value is -2.10. The Bertz CT molecular complexity index is 565. The zero-order valence-electron chi connectivity index (χ0n) is 8.09. The van der Waals surface area contributed by atoms with Gasteiger partial charge in [-0.05, 0) is 11.6 Å². The molecule has 0 aliphatic carbocycles. The summed E-state index contributed by atoms with van der Waals surface area (Å²) in [5.41, 5.74) is 2.39. The van der Waals surface area contributed by atoms with Gasteiger partial charge in [0.2, 0.25) is 0 Å². The van der Waals surface area contributed by atoms with Gasteiger partial charge in [0.05, 0.1) is 12.7 Å². The van der Waals surface area contributed by atoms with E-state index >= 15 is 0 Å². The number of benzene rings is 1. The van der Waals surface area contributed by atoms with Crippen molar-refractivity contribution in [3.63, 3.8) is 0 Å². The van der Waals surface area contributed by atoms with Crippen LogP contribution in [0.1, 0.15) is 5.56 Å². The van der Waals surface area contributed by atoms with Crippen LogP contribution in [0.5, 0.6) is 0 Å². The molecule has 0 spiro atoms. The van der Waals surface area contributed by atoms with E-state index in [0.29, 0.717) is 0 Å². The molecule has 3 aromatic rings. The van der Waals surface area contributed by atoms with Crippen LogP contribution in [0.2, 0.25) is 0 Å². The lowest BCUT2D eigenvalue weighted by Crippen LogP contribution is -1.99. The fraction of sp³-hybridized carbons (Fsp3) is 0.0909. The average Bonchev–Trinajstić information content (AvgIpc) is 2.89. The molecule has 0 aliphatic rings.